The lowest BCUT2D eigenvalue weighted by atomic mass is 10.2. The van der Waals surface area contributed by atoms with Gasteiger partial charge in [0.15, 0.2) is 6.61 Å². The van der Waals surface area contributed by atoms with Gasteiger partial charge in [0.05, 0.1) is 5.56 Å². The van der Waals surface area contributed by atoms with Crippen LogP contribution >= 0.6 is 11.6 Å². The fourth-order valence-electron chi connectivity index (χ4n) is 1.64. The lowest BCUT2D eigenvalue weighted by Gasteiger charge is -2.10. The Morgan fingerprint density at radius 1 is 1.14 bits per heavy atom. The summed E-state index contributed by atoms with van der Waals surface area (Å²) in [6.45, 7) is -0.399. The van der Waals surface area contributed by atoms with E-state index in [-0.39, 0.29) is 5.75 Å². The topological polar surface area (TPSA) is 38.3 Å². The number of halogens is 4. The van der Waals surface area contributed by atoms with E-state index in [1.54, 1.807) is 24.3 Å². The summed E-state index contributed by atoms with van der Waals surface area (Å²) < 4.78 is 42.7. The summed E-state index contributed by atoms with van der Waals surface area (Å²) in [6.07, 6.45) is -4.45. The Morgan fingerprint density at radius 3 is 2.45 bits per heavy atom. The van der Waals surface area contributed by atoms with E-state index in [1.165, 1.54) is 12.1 Å². The van der Waals surface area contributed by atoms with Crippen LogP contribution < -0.4 is 10.1 Å². The number of ether oxygens (including phenoxy) is 1. The van der Waals surface area contributed by atoms with Crippen LogP contribution in [-0.4, -0.2) is 12.5 Å². The van der Waals surface area contributed by atoms with Gasteiger partial charge in [0.1, 0.15) is 5.75 Å². The number of amides is 1. The zero-order valence-electron chi connectivity index (χ0n) is 11.2. The van der Waals surface area contributed by atoms with Gasteiger partial charge in [0, 0.05) is 10.7 Å². The van der Waals surface area contributed by atoms with E-state index in [1.807, 2.05) is 0 Å². The van der Waals surface area contributed by atoms with Gasteiger partial charge in [-0.05, 0) is 42.5 Å². The number of carbonyl (C=O) groups excluding carboxylic acids is 1. The third-order valence-electron chi connectivity index (χ3n) is 2.66. The fourth-order valence-corrected chi connectivity index (χ4v) is 1.77. The maximum atomic E-state index is 12.5. The van der Waals surface area contributed by atoms with Crippen molar-refractivity contribution in [1.29, 1.82) is 0 Å². The van der Waals surface area contributed by atoms with Crippen molar-refractivity contribution in [3.05, 3.63) is 59.1 Å². The summed E-state index contributed by atoms with van der Waals surface area (Å²) >= 11 is 5.71. The molecule has 0 aromatic heterocycles. The Labute approximate surface area is 129 Å². The molecule has 2 aromatic carbocycles. The van der Waals surface area contributed by atoms with E-state index in [9.17, 15) is 18.0 Å². The summed E-state index contributed by atoms with van der Waals surface area (Å²) in [7, 11) is 0. The monoisotopic (exact) mass is 329 g/mol. The van der Waals surface area contributed by atoms with E-state index < -0.39 is 24.3 Å². The van der Waals surface area contributed by atoms with Gasteiger partial charge in [0.25, 0.3) is 5.91 Å². The second-order valence-corrected chi connectivity index (χ2v) is 4.81. The van der Waals surface area contributed by atoms with Gasteiger partial charge in [-0.15, -0.1) is 0 Å². The molecule has 0 unspecified atom stereocenters. The van der Waals surface area contributed by atoms with E-state index in [0.29, 0.717) is 10.7 Å². The van der Waals surface area contributed by atoms with Crippen LogP contribution in [0.3, 0.4) is 0 Å². The zero-order valence-corrected chi connectivity index (χ0v) is 11.9. The Kier molecular flexibility index (Phi) is 4.92. The van der Waals surface area contributed by atoms with Crippen LogP contribution in [-0.2, 0) is 11.0 Å². The van der Waals surface area contributed by atoms with E-state index in [0.717, 1.165) is 12.1 Å². The highest BCUT2D eigenvalue weighted by molar-refractivity contribution is 6.30. The van der Waals surface area contributed by atoms with Crippen LogP contribution in [0.4, 0.5) is 18.9 Å². The molecule has 0 aliphatic carbocycles. The minimum absolute atomic E-state index is 0.0268. The van der Waals surface area contributed by atoms with E-state index in [4.69, 9.17) is 16.3 Å². The first-order valence-corrected chi connectivity index (χ1v) is 6.58. The Hall–Kier alpha value is -2.21. The molecule has 1 amide bonds. The number of alkyl halides is 3. The van der Waals surface area contributed by atoms with Crippen molar-refractivity contribution in [2.45, 2.75) is 6.18 Å². The third kappa shape index (κ3) is 4.66. The van der Waals surface area contributed by atoms with Crippen molar-refractivity contribution in [3.63, 3.8) is 0 Å². The largest absolute Gasteiger partial charge is 0.484 e. The van der Waals surface area contributed by atoms with Crippen molar-refractivity contribution in [2.75, 3.05) is 11.9 Å². The van der Waals surface area contributed by atoms with Crippen molar-refractivity contribution < 1.29 is 22.7 Å². The second-order valence-electron chi connectivity index (χ2n) is 4.37. The highest BCUT2D eigenvalue weighted by Gasteiger charge is 2.30. The SMILES string of the molecule is O=C(COc1cccc(C(F)(F)F)c1)Nc1ccc(Cl)cc1. The van der Waals surface area contributed by atoms with Crippen molar-refractivity contribution >= 4 is 23.2 Å². The standard InChI is InChI=1S/C15H11ClF3NO2/c16-11-4-6-12(7-5-11)20-14(21)9-22-13-3-1-2-10(8-13)15(17,18)19/h1-8H,9H2,(H,20,21). The van der Waals surface area contributed by atoms with Crippen molar-refractivity contribution in [1.82, 2.24) is 0 Å². The first-order chi connectivity index (χ1) is 10.3. The summed E-state index contributed by atoms with van der Waals surface area (Å²) in [5.41, 5.74) is -0.315. The number of anilines is 1. The molecule has 0 saturated carbocycles. The Balaban J connectivity index is 1.92. The van der Waals surface area contributed by atoms with Crippen LogP contribution in [0.2, 0.25) is 5.02 Å². The normalized spacial score (nSPS) is 11.1. The molecule has 0 aliphatic rings. The minimum atomic E-state index is -4.45. The van der Waals surface area contributed by atoms with Crippen LogP contribution in [0, 0.1) is 0 Å². The number of rotatable bonds is 4. The maximum absolute atomic E-state index is 12.5. The molecule has 3 nitrogen and oxygen atoms in total. The van der Waals surface area contributed by atoms with Gasteiger partial charge in [-0.3, -0.25) is 4.79 Å². The molecule has 0 aliphatic heterocycles. The molecular formula is C15H11ClF3NO2. The quantitative estimate of drug-likeness (QED) is 0.904. The Morgan fingerprint density at radius 2 is 1.82 bits per heavy atom. The zero-order chi connectivity index (χ0) is 16.2. The molecule has 0 radical (unpaired) electrons. The highest BCUT2D eigenvalue weighted by Crippen LogP contribution is 2.31. The highest BCUT2D eigenvalue weighted by atomic mass is 35.5. The smallest absolute Gasteiger partial charge is 0.416 e. The van der Waals surface area contributed by atoms with Crippen molar-refractivity contribution in [2.24, 2.45) is 0 Å². The van der Waals surface area contributed by atoms with Gasteiger partial charge in [0.2, 0.25) is 0 Å². The number of benzene rings is 2. The molecule has 2 rings (SSSR count). The molecule has 0 fully saturated rings. The predicted molar refractivity (Wildman–Crippen MR) is 77.0 cm³/mol. The summed E-state index contributed by atoms with van der Waals surface area (Å²) in [5, 5.41) is 3.07. The minimum Gasteiger partial charge on any atom is -0.484 e. The molecule has 0 atom stereocenters. The van der Waals surface area contributed by atoms with Gasteiger partial charge in [-0.2, -0.15) is 13.2 Å². The number of nitrogens with one attached hydrogen (secondary N) is 1. The molecule has 0 bridgehead atoms. The lowest BCUT2D eigenvalue weighted by molar-refractivity contribution is -0.137. The van der Waals surface area contributed by atoms with Crippen LogP contribution in [0.25, 0.3) is 0 Å². The molecule has 22 heavy (non-hydrogen) atoms. The summed E-state index contributed by atoms with van der Waals surface area (Å²) in [4.78, 5) is 11.7. The molecular weight excluding hydrogens is 319 g/mol. The number of hydrogen-bond donors (Lipinski definition) is 1. The second kappa shape index (κ2) is 6.70. The van der Waals surface area contributed by atoms with Gasteiger partial charge < -0.3 is 10.1 Å². The van der Waals surface area contributed by atoms with Gasteiger partial charge in [-0.1, -0.05) is 17.7 Å². The first kappa shape index (κ1) is 16.2. The summed E-state index contributed by atoms with van der Waals surface area (Å²) in [6, 6.07) is 10.8. The molecule has 1 N–H and O–H groups in total. The molecule has 7 heteroatoms. The van der Waals surface area contributed by atoms with Gasteiger partial charge in [-0.25, -0.2) is 0 Å². The van der Waals surface area contributed by atoms with Crippen LogP contribution in [0.1, 0.15) is 5.56 Å². The first-order valence-electron chi connectivity index (χ1n) is 6.20. The molecule has 0 saturated heterocycles. The van der Waals surface area contributed by atoms with Gasteiger partial charge >= 0.3 is 6.18 Å². The number of hydrogen-bond acceptors (Lipinski definition) is 2. The molecule has 116 valence electrons. The van der Waals surface area contributed by atoms with Crippen LogP contribution in [0.15, 0.2) is 48.5 Å². The molecule has 0 heterocycles. The van der Waals surface area contributed by atoms with E-state index >= 15 is 0 Å². The third-order valence-corrected chi connectivity index (χ3v) is 2.91. The maximum Gasteiger partial charge on any atom is 0.416 e. The molecule has 2 aromatic rings. The molecule has 0 spiro atoms. The van der Waals surface area contributed by atoms with Crippen LogP contribution in [0.5, 0.6) is 5.75 Å². The number of carbonyl (C=O) groups is 1. The Bertz CT molecular complexity index is 657. The fraction of sp³-hybridized carbons (Fsp3) is 0.133. The lowest BCUT2D eigenvalue weighted by Crippen LogP contribution is -2.20. The average Bonchev–Trinajstić information content (AvgIpc) is 2.47. The average molecular weight is 330 g/mol. The predicted octanol–water partition coefficient (Wildman–Crippen LogP) is 4.38. The summed E-state index contributed by atoms with van der Waals surface area (Å²) in [5.74, 6) is -0.513. The van der Waals surface area contributed by atoms with E-state index in [2.05, 4.69) is 5.32 Å². The van der Waals surface area contributed by atoms with Crippen molar-refractivity contribution in [3.8, 4) is 5.75 Å².